The Balaban J connectivity index is 2.77. The van der Waals surface area contributed by atoms with Crippen LogP contribution in [0.25, 0.3) is 0 Å². The highest BCUT2D eigenvalue weighted by Crippen LogP contribution is 2.11. The van der Waals surface area contributed by atoms with Crippen LogP contribution in [0.4, 0.5) is 8.78 Å². The second kappa shape index (κ2) is 5.03. The Bertz CT molecular complexity index is 368. The molecule has 0 aromatic heterocycles. The van der Waals surface area contributed by atoms with Crippen LogP contribution >= 0.6 is 0 Å². The van der Waals surface area contributed by atoms with Crippen molar-refractivity contribution >= 4 is 0 Å². The molecule has 1 nitrogen and oxygen atoms in total. The molecule has 0 amide bonds. The van der Waals surface area contributed by atoms with Gasteiger partial charge in [-0.2, -0.15) is 0 Å². The summed E-state index contributed by atoms with van der Waals surface area (Å²) in [6, 6.07) is 3.33. The Morgan fingerprint density at radius 3 is 2.60 bits per heavy atom. The van der Waals surface area contributed by atoms with Crippen molar-refractivity contribution in [1.29, 1.82) is 0 Å². The summed E-state index contributed by atoms with van der Waals surface area (Å²) < 4.78 is 25.8. The average Bonchev–Trinajstić information content (AvgIpc) is 2.08. The highest BCUT2D eigenvalue weighted by molar-refractivity contribution is 5.21. The molecule has 0 fully saturated rings. The summed E-state index contributed by atoms with van der Waals surface area (Å²) in [6.45, 7) is 3.86. The third-order valence-corrected chi connectivity index (χ3v) is 2.02. The summed E-state index contributed by atoms with van der Waals surface area (Å²) in [5, 5.41) is 0. The number of benzene rings is 1. The van der Waals surface area contributed by atoms with Crippen LogP contribution in [0, 0.1) is 11.6 Å². The van der Waals surface area contributed by atoms with Crippen LogP contribution in [-0.4, -0.2) is 6.04 Å². The molecule has 1 aromatic rings. The zero-order valence-corrected chi connectivity index (χ0v) is 8.93. The predicted octanol–water partition coefficient (Wildman–Crippen LogP) is 2.80. The largest absolute Gasteiger partial charge is 0.324 e. The van der Waals surface area contributed by atoms with Gasteiger partial charge < -0.3 is 5.73 Å². The molecule has 0 aliphatic heterocycles. The highest BCUT2D eigenvalue weighted by atomic mass is 19.1. The lowest BCUT2D eigenvalue weighted by Crippen LogP contribution is -2.20. The first-order valence-corrected chi connectivity index (χ1v) is 4.83. The van der Waals surface area contributed by atoms with E-state index >= 15 is 0 Å². The molecule has 3 heteroatoms. The van der Waals surface area contributed by atoms with E-state index in [1.807, 2.05) is 19.9 Å². The summed E-state index contributed by atoms with van der Waals surface area (Å²) in [7, 11) is 0. The SMILES string of the molecule is CC(C)=CC(N)Cc1ccc(F)cc1F. The lowest BCUT2D eigenvalue weighted by molar-refractivity contribution is 0.568. The number of hydrogen-bond acceptors (Lipinski definition) is 1. The molecule has 0 radical (unpaired) electrons. The monoisotopic (exact) mass is 211 g/mol. The van der Waals surface area contributed by atoms with Crippen molar-refractivity contribution in [3.8, 4) is 0 Å². The maximum absolute atomic E-state index is 13.2. The van der Waals surface area contributed by atoms with E-state index in [2.05, 4.69) is 0 Å². The number of halogens is 2. The van der Waals surface area contributed by atoms with Gasteiger partial charge in [0.1, 0.15) is 11.6 Å². The zero-order valence-electron chi connectivity index (χ0n) is 8.93. The summed E-state index contributed by atoms with van der Waals surface area (Å²) in [6.07, 6.45) is 2.25. The Kier molecular flexibility index (Phi) is 3.97. The molecule has 0 spiro atoms. The molecule has 0 saturated carbocycles. The van der Waals surface area contributed by atoms with Gasteiger partial charge in [0.2, 0.25) is 0 Å². The van der Waals surface area contributed by atoms with Crippen molar-refractivity contribution in [1.82, 2.24) is 0 Å². The number of rotatable bonds is 3. The Morgan fingerprint density at radius 2 is 2.07 bits per heavy atom. The van der Waals surface area contributed by atoms with Crippen molar-refractivity contribution in [3.05, 3.63) is 47.0 Å². The molecule has 0 heterocycles. The minimum atomic E-state index is -0.563. The van der Waals surface area contributed by atoms with Crippen molar-refractivity contribution in [2.24, 2.45) is 5.73 Å². The van der Waals surface area contributed by atoms with Crippen LogP contribution in [0.2, 0.25) is 0 Å². The molecule has 1 aromatic carbocycles. The Labute approximate surface area is 88.6 Å². The van der Waals surface area contributed by atoms with E-state index in [0.717, 1.165) is 11.6 Å². The van der Waals surface area contributed by atoms with Crippen LogP contribution in [0.1, 0.15) is 19.4 Å². The van der Waals surface area contributed by atoms with E-state index in [0.29, 0.717) is 12.0 Å². The van der Waals surface area contributed by atoms with Gasteiger partial charge in [0.15, 0.2) is 0 Å². The van der Waals surface area contributed by atoms with Gasteiger partial charge in [-0.1, -0.05) is 17.7 Å². The van der Waals surface area contributed by atoms with Crippen molar-refractivity contribution in [2.75, 3.05) is 0 Å². The normalized spacial score (nSPS) is 12.3. The standard InChI is InChI=1S/C12H15F2N/c1-8(2)5-11(15)6-9-3-4-10(13)7-12(9)14/h3-5,7,11H,6,15H2,1-2H3. The van der Waals surface area contributed by atoms with E-state index in [1.165, 1.54) is 12.1 Å². The fourth-order valence-corrected chi connectivity index (χ4v) is 1.43. The molecule has 0 aliphatic rings. The van der Waals surface area contributed by atoms with E-state index < -0.39 is 11.6 Å². The first-order valence-electron chi connectivity index (χ1n) is 4.83. The Hall–Kier alpha value is -1.22. The minimum Gasteiger partial charge on any atom is -0.324 e. The third kappa shape index (κ3) is 3.80. The van der Waals surface area contributed by atoms with Gasteiger partial charge in [-0.05, 0) is 31.9 Å². The molecule has 0 aliphatic carbocycles. The molecular formula is C12H15F2N. The molecular weight excluding hydrogens is 196 g/mol. The highest BCUT2D eigenvalue weighted by Gasteiger charge is 2.07. The molecule has 1 unspecified atom stereocenters. The van der Waals surface area contributed by atoms with Gasteiger partial charge >= 0.3 is 0 Å². The van der Waals surface area contributed by atoms with Gasteiger partial charge in [-0.15, -0.1) is 0 Å². The second-order valence-electron chi connectivity index (χ2n) is 3.85. The smallest absolute Gasteiger partial charge is 0.129 e. The zero-order chi connectivity index (χ0) is 11.4. The lowest BCUT2D eigenvalue weighted by Gasteiger charge is -2.08. The number of nitrogens with two attached hydrogens (primary N) is 1. The van der Waals surface area contributed by atoms with Gasteiger partial charge in [-0.25, -0.2) is 8.78 Å². The maximum Gasteiger partial charge on any atom is 0.129 e. The molecule has 15 heavy (non-hydrogen) atoms. The molecule has 0 saturated heterocycles. The summed E-state index contributed by atoms with van der Waals surface area (Å²) in [5.74, 6) is -1.10. The van der Waals surface area contributed by atoms with E-state index in [9.17, 15) is 8.78 Å². The summed E-state index contributed by atoms with van der Waals surface area (Å²) >= 11 is 0. The second-order valence-corrected chi connectivity index (χ2v) is 3.85. The van der Waals surface area contributed by atoms with Gasteiger partial charge in [0.05, 0.1) is 0 Å². The minimum absolute atomic E-state index is 0.227. The number of allylic oxidation sites excluding steroid dienone is 1. The lowest BCUT2D eigenvalue weighted by atomic mass is 10.0. The average molecular weight is 211 g/mol. The van der Waals surface area contributed by atoms with Crippen LogP contribution in [0.3, 0.4) is 0 Å². The van der Waals surface area contributed by atoms with Crippen LogP contribution in [0.5, 0.6) is 0 Å². The fraction of sp³-hybridized carbons (Fsp3) is 0.333. The molecule has 2 N–H and O–H groups in total. The van der Waals surface area contributed by atoms with Gasteiger partial charge in [0, 0.05) is 12.1 Å². The van der Waals surface area contributed by atoms with E-state index in [1.54, 1.807) is 0 Å². The van der Waals surface area contributed by atoms with Crippen molar-refractivity contribution in [2.45, 2.75) is 26.3 Å². The van der Waals surface area contributed by atoms with Crippen molar-refractivity contribution in [3.63, 3.8) is 0 Å². The predicted molar refractivity (Wildman–Crippen MR) is 57.5 cm³/mol. The van der Waals surface area contributed by atoms with Gasteiger partial charge in [-0.3, -0.25) is 0 Å². The summed E-state index contributed by atoms with van der Waals surface area (Å²) in [5.41, 5.74) is 7.31. The third-order valence-electron chi connectivity index (χ3n) is 2.02. The topological polar surface area (TPSA) is 26.0 Å². The summed E-state index contributed by atoms with van der Waals surface area (Å²) in [4.78, 5) is 0. The van der Waals surface area contributed by atoms with E-state index in [-0.39, 0.29) is 6.04 Å². The Morgan fingerprint density at radius 1 is 1.40 bits per heavy atom. The van der Waals surface area contributed by atoms with Crippen LogP contribution < -0.4 is 5.73 Å². The van der Waals surface area contributed by atoms with E-state index in [4.69, 9.17) is 5.73 Å². The van der Waals surface area contributed by atoms with Crippen molar-refractivity contribution < 1.29 is 8.78 Å². The quantitative estimate of drug-likeness (QED) is 0.764. The van der Waals surface area contributed by atoms with Crippen LogP contribution in [0.15, 0.2) is 29.8 Å². The first kappa shape index (κ1) is 11.9. The molecule has 0 bridgehead atoms. The first-order chi connectivity index (χ1) is 6.99. The molecule has 1 atom stereocenters. The fourth-order valence-electron chi connectivity index (χ4n) is 1.43. The van der Waals surface area contributed by atoms with Gasteiger partial charge in [0.25, 0.3) is 0 Å². The molecule has 1 rings (SSSR count). The van der Waals surface area contributed by atoms with Crippen LogP contribution in [-0.2, 0) is 6.42 Å². The molecule has 82 valence electrons. The number of hydrogen-bond donors (Lipinski definition) is 1. The maximum atomic E-state index is 13.2.